The zero-order valence-electron chi connectivity index (χ0n) is 10.1. The molecule has 1 fully saturated rings. The molecule has 4 heteroatoms. The van der Waals surface area contributed by atoms with Crippen LogP contribution in [-0.4, -0.2) is 24.7 Å². The van der Waals surface area contributed by atoms with Gasteiger partial charge in [-0.3, -0.25) is 0 Å². The van der Waals surface area contributed by atoms with Gasteiger partial charge in [0.25, 0.3) is 0 Å². The summed E-state index contributed by atoms with van der Waals surface area (Å²) in [4.78, 5) is 4.84. The third-order valence-corrected chi connectivity index (χ3v) is 3.93. The molecule has 1 saturated heterocycles. The number of thioether (sulfide) groups is 1. The lowest BCUT2D eigenvalue weighted by molar-refractivity contribution is 0.0866. The van der Waals surface area contributed by atoms with Crippen molar-refractivity contribution in [3.05, 3.63) is 29.8 Å². The Kier molecular flexibility index (Phi) is 5.16. The number of nitrogens with one attached hydrogen (secondary N) is 1. The molecule has 0 radical (unpaired) electrons. The maximum atomic E-state index is 5.99. The Balaban J connectivity index is 1.90. The largest absolute Gasteiger partial charge is 0.490 e. The van der Waals surface area contributed by atoms with Gasteiger partial charge in [-0.05, 0) is 36.3 Å². The van der Waals surface area contributed by atoms with E-state index in [1.54, 1.807) is 7.11 Å². The van der Waals surface area contributed by atoms with E-state index in [2.05, 4.69) is 17.6 Å². The van der Waals surface area contributed by atoms with Crippen LogP contribution in [0.3, 0.4) is 0 Å². The molecule has 0 saturated carbocycles. The molecule has 1 unspecified atom stereocenters. The molecule has 1 N–H and O–H groups in total. The van der Waals surface area contributed by atoms with E-state index < -0.39 is 0 Å². The molecule has 2 rings (SSSR count). The van der Waals surface area contributed by atoms with Gasteiger partial charge in [0.15, 0.2) is 0 Å². The van der Waals surface area contributed by atoms with Gasteiger partial charge in [0.05, 0.1) is 7.11 Å². The number of ether oxygens (including phenoxy) is 1. The van der Waals surface area contributed by atoms with E-state index in [0.717, 1.165) is 11.5 Å². The lowest BCUT2D eigenvalue weighted by Gasteiger charge is -2.22. The summed E-state index contributed by atoms with van der Waals surface area (Å²) in [5, 5.41) is 0. The molecule has 17 heavy (non-hydrogen) atoms. The van der Waals surface area contributed by atoms with E-state index in [9.17, 15) is 0 Å². The Bertz CT molecular complexity index is 340. The molecule has 0 amide bonds. The summed E-state index contributed by atoms with van der Waals surface area (Å²) < 4.78 is 5.99. The van der Waals surface area contributed by atoms with Crippen molar-refractivity contribution in [1.29, 1.82) is 0 Å². The van der Waals surface area contributed by atoms with E-state index in [4.69, 9.17) is 9.57 Å². The van der Waals surface area contributed by atoms with Crippen molar-refractivity contribution in [3.8, 4) is 5.75 Å². The third-order valence-electron chi connectivity index (χ3n) is 2.74. The first-order chi connectivity index (χ1) is 8.38. The second kappa shape index (κ2) is 6.89. The fourth-order valence-corrected chi connectivity index (χ4v) is 2.92. The van der Waals surface area contributed by atoms with Crippen LogP contribution in [0.15, 0.2) is 24.3 Å². The van der Waals surface area contributed by atoms with Crippen LogP contribution >= 0.6 is 11.8 Å². The van der Waals surface area contributed by atoms with Crippen LogP contribution < -0.4 is 10.2 Å². The Labute approximate surface area is 107 Å². The fourth-order valence-electron chi connectivity index (χ4n) is 1.88. The predicted molar refractivity (Wildman–Crippen MR) is 71.3 cm³/mol. The van der Waals surface area contributed by atoms with Gasteiger partial charge in [-0.15, -0.1) is 0 Å². The van der Waals surface area contributed by atoms with Gasteiger partial charge in [-0.2, -0.15) is 17.2 Å². The maximum Gasteiger partial charge on any atom is 0.120 e. The fraction of sp³-hybridized carbons (Fsp3) is 0.538. The Morgan fingerprint density at radius 3 is 3.18 bits per heavy atom. The highest BCUT2D eigenvalue weighted by Crippen LogP contribution is 2.23. The summed E-state index contributed by atoms with van der Waals surface area (Å²) >= 11 is 1.98. The molecule has 0 bridgehead atoms. The second-order valence-electron chi connectivity index (χ2n) is 4.13. The summed E-state index contributed by atoms with van der Waals surface area (Å²) in [6, 6.07) is 8.19. The Morgan fingerprint density at radius 2 is 2.41 bits per heavy atom. The first-order valence-electron chi connectivity index (χ1n) is 5.97. The molecule has 3 nitrogen and oxygen atoms in total. The number of benzene rings is 1. The molecule has 0 aromatic heterocycles. The second-order valence-corrected chi connectivity index (χ2v) is 5.28. The van der Waals surface area contributed by atoms with Gasteiger partial charge in [0.1, 0.15) is 11.9 Å². The Hall–Kier alpha value is -0.710. The predicted octanol–water partition coefficient (Wildman–Crippen LogP) is 2.61. The van der Waals surface area contributed by atoms with Crippen molar-refractivity contribution in [1.82, 2.24) is 5.48 Å². The van der Waals surface area contributed by atoms with Crippen LogP contribution in [0.5, 0.6) is 5.75 Å². The van der Waals surface area contributed by atoms with Crippen molar-refractivity contribution in [2.24, 2.45) is 0 Å². The zero-order chi connectivity index (χ0) is 11.9. The van der Waals surface area contributed by atoms with Gasteiger partial charge in [-0.25, -0.2) is 0 Å². The molecule has 1 heterocycles. The van der Waals surface area contributed by atoms with Crippen molar-refractivity contribution >= 4 is 11.8 Å². The van der Waals surface area contributed by atoms with E-state index in [-0.39, 0.29) is 0 Å². The minimum atomic E-state index is 0.374. The molecule has 94 valence electrons. The van der Waals surface area contributed by atoms with Crippen LogP contribution in [0.4, 0.5) is 0 Å². The first-order valence-corrected chi connectivity index (χ1v) is 7.13. The standard InChI is InChI=1S/C13H19NO2S/c1-15-14-9-11-4-2-5-12(8-11)16-13-6-3-7-17-10-13/h2,4-5,8,13-14H,3,6-7,9-10H2,1H3. The molecule has 1 aliphatic heterocycles. The third kappa shape index (κ3) is 4.22. The normalized spacial score (nSPS) is 20.2. The van der Waals surface area contributed by atoms with Gasteiger partial charge in [0.2, 0.25) is 0 Å². The summed E-state index contributed by atoms with van der Waals surface area (Å²) in [5.74, 6) is 3.35. The highest BCUT2D eigenvalue weighted by Gasteiger charge is 2.15. The zero-order valence-corrected chi connectivity index (χ0v) is 11.0. The lowest BCUT2D eigenvalue weighted by Crippen LogP contribution is -2.23. The van der Waals surface area contributed by atoms with Crippen LogP contribution in [0.25, 0.3) is 0 Å². The van der Waals surface area contributed by atoms with E-state index in [1.807, 2.05) is 23.9 Å². The van der Waals surface area contributed by atoms with E-state index in [1.165, 1.54) is 24.2 Å². The van der Waals surface area contributed by atoms with Crippen LogP contribution in [0.2, 0.25) is 0 Å². The molecule has 0 aliphatic carbocycles. The van der Waals surface area contributed by atoms with Gasteiger partial charge in [-0.1, -0.05) is 12.1 Å². The average Bonchev–Trinajstić information content (AvgIpc) is 2.38. The van der Waals surface area contributed by atoms with Crippen molar-refractivity contribution in [2.45, 2.75) is 25.5 Å². The molecular formula is C13H19NO2S. The minimum absolute atomic E-state index is 0.374. The highest BCUT2D eigenvalue weighted by molar-refractivity contribution is 7.99. The summed E-state index contributed by atoms with van der Waals surface area (Å²) in [7, 11) is 1.62. The molecule has 0 spiro atoms. The quantitative estimate of drug-likeness (QED) is 0.817. The van der Waals surface area contributed by atoms with E-state index >= 15 is 0 Å². The van der Waals surface area contributed by atoms with Crippen molar-refractivity contribution in [2.75, 3.05) is 18.6 Å². The van der Waals surface area contributed by atoms with Gasteiger partial charge < -0.3 is 9.57 Å². The number of hydrogen-bond acceptors (Lipinski definition) is 4. The number of hydrogen-bond donors (Lipinski definition) is 1. The monoisotopic (exact) mass is 253 g/mol. The highest BCUT2D eigenvalue weighted by atomic mass is 32.2. The molecule has 1 aromatic rings. The number of rotatable bonds is 5. The summed E-state index contributed by atoms with van der Waals surface area (Å²) in [6.45, 7) is 0.702. The average molecular weight is 253 g/mol. The van der Waals surface area contributed by atoms with Crippen LogP contribution in [0.1, 0.15) is 18.4 Å². The van der Waals surface area contributed by atoms with Crippen LogP contribution in [-0.2, 0) is 11.4 Å². The van der Waals surface area contributed by atoms with Crippen molar-refractivity contribution < 1.29 is 9.57 Å². The Morgan fingerprint density at radius 1 is 1.47 bits per heavy atom. The molecule has 1 aromatic carbocycles. The molecule has 1 atom stereocenters. The van der Waals surface area contributed by atoms with Gasteiger partial charge in [0, 0.05) is 12.3 Å². The van der Waals surface area contributed by atoms with E-state index in [0.29, 0.717) is 12.6 Å². The van der Waals surface area contributed by atoms with Gasteiger partial charge >= 0.3 is 0 Å². The summed E-state index contributed by atoms with van der Waals surface area (Å²) in [6.07, 6.45) is 2.81. The summed E-state index contributed by atoms with van der Waals surface area (Å²) in [5.41, 5.74) is 4.01. The first kappa shape index (κ1) is 12.7. The van der Waals surface area contributed by atoms with Crippen molar-refractivity contribution in [3.63, 3.8) is 0 Å². The maximum absolute atomic E-state index is 5.99. The minimum Gasteiger partial charge on any atom is -0.490 e. The topological polar surface area (TPSA) is 30.5 Å². The lowest BCUT2D eigenvalue weighted by atomic mass is 10.2. The SMILES string of the molecule is CONCc1cccc(OC2CCCSC2)c1. The number of hydroxylamine groups is 1. The molecular weight excluding hydrogens is 234 g/mol. The molecule has 1 aliphatic rings. The smallest absolute Gasteiger partial charge is 0.120 e. The van der Waals surface area contributed by atoms with Crippen LogP contribution in [0, 0.1) is 0 Å².